The van der Waals surface area contributed by atoms with Crippen LogP contribution < -0.4 is 10.1 Å². The largest absolute Gasteiger partial charge is 0.489 e. The summed E-state index contributed by atoms with van der Waals surface area (Å²) in [4.78, 5) is 13.6. The second-order valence-corrected chi connectivity index (χ2v) is 8.87. The third-order valence-corrected chi connectivity index (χ3v) is 6.09. The summed E-state index contributed by atoms with van der Waals surface area (Å²) >= 11 is 0. The summed E-state index contributed by atoms with van der Waals surface area (Å²) in [5.74, 6) is 0.425. The van der Waals surface area contributed by atoms with Crippen molar-refractivity contribution >= 4 is 21.6 Å². The Morgan fingerprint density at radius 2 is 1.88 bits per heavy atom. The first-order valence-electron chi connectivity index (χ1n) is 8.96. The highest BCUT2D eigenvalue weighted by atomic mass is 32.2. The molecule has 146 valence electrons. The molecule has 0 unspecified atom stereocenters. The van der Waals surface area contributed by atoms with Crippen LogP contribution in [0.15, 0.2) is 23.1 Å². The lowest BCUT2D eigenvalue weighted by Gasteiger charge is -2.26. The Morgan fingerprint density at radius 1 is 1.23 bits per heavy atom. The van der Waals surface area contributed by atoms with Crippen LogP contribution in [0.3, 0.4) is 0 Å². The molecule has 0 atom stereocenters. The Balaban J connectivity index is 2.30. The van der Waals surface area contributed by atoms with Crippen LogP contribution in [0.5, 0.6) is 5.75 Å². The fourth-order valence-electron chi connectivity index (χ4n) is 2.75. The SMILES string of the molecule is CC(C)Oc1ccc(S(=O)(=O)N2CCCCC2)cc1NCC(=O)N(C)C. The molecule has 0 aliphatic carbocycles. The van der Waals surface area contributed by atoms with Crippen LogP contribution in [-0.4, -0.2) is 63.4 Å². The minimum atomic E-state index is -3.54. The van der Waals surface area contributed by atoms with Crippen molar-refractivity contribution in [3.8, 4) is 5.75 Å². The van der Waals surface area contributed by atoms with Crippen LogP contribution >= 0.6 is 0 Å². The number of anilines is 1. The molecule has 1 aromatic rings. The summed E-state index contributed by atoms with van der Waals surface area (Å²) in [5, 5.41) is 3.02. The minimum absolute atomic E-state index is 0.0642. The molecule has 2 rings (SSSR count). The summed E-state index contributed by atoms with van der Waals surface area (Å²) in [6, 6.07) is 4.78. The molecule has 0 saturated carbocycles. The first-order chi connectivity index (χ1) is 12.2. The van der Waals surface area contributed by atoms with Crippen LogP contribution in [0.2, 0.25) is 0 Å². The van der Waals surface area contributed by atoms with Crippen molar-refractivity contribution in [3.63, 3.8) is 0 Å². The molecule has 0 spiro atoms. The summed E-state index contributed by atoms with van der Waals surface area (Å²) in [6.07, 6.45) is 2.77. The Morgan fingerprint density at radius 3 is 2.46 bits per heavy atom. The Kier molecular flexibility index (Phi) is 6.88. The Hall–Kier alpha value is -1.80. The molecule has 0 bridgehead atoms. The molecule has 1 N–H and O–H groups in total. The fourth-order valence-corrected chi connectivity index (χ4v) is 4.29. The van der Waals surface area contributed by atoms with Crippen LogP contribution in [0.1, 0.15) is 33.1 Å². The van der Waals surface area contributed by atoms with E-state index in [1.54, 1.807) is 32.3 Å². The predicted molar refractivity (Wildman–Crippen MR) is 102 cm³/mol. The maximum absolute atomic E-state index is 12.9. The lowest BCUT2D eigenvalue weighted by atomic mass is 10.2. The van der Waals surface area contributed by atoms with E-state index in [2.05, 4.69) is 5.32 Å². The molecular formula is C18H29N3O4S. The van der Waals surface area contributed by atoms with Gasteiger partial charge in [0.25, 0.3) is 0 Å². The molecule has 8 heteroatoms. The molecule has 1 amide bonds. The summed E-state index contributed by atoms with van der Waals surface area (Å²) < 4.78 is 33.1. The van der Waals surface area contributed by atoms with Gasteiger partial charge in [-0.3, -0.25) is 4.79 Å². The molecule has 7 nitrogen and oxygen atoms in total. The van der Waals surface area contributed by atoms with Gasteiger partial charge >= 0.3 is 0 Å². The molecule has 26 heavy (non-hydrogen) atoms. The Labute approximate surface area is 156 Å². The van der Waals surface area contributed by atoms with Crippen molar-refractivity contribution in [2.45, 2.75) is 44.1 Å². The van der Waals surface area contributed by atoms with Gasteiger partial charge < -0.3 is 15.0 Å². The summed E-state index contributed by atoms with van der Waals surface area (Å²) in [7, 11) is -0.195. The molecule has 1 aliphatic heterocycles. The zero-order valence-corrected chi connectivity index (χ0v) is 16.8. The molecule has 1 aliphatic rings. The summed E-state index contributed by atoms with van der Waals surface area (Å²) in [5.41, 5.74) is 0.506. The van der Waals surface area contributed by atoms with Gasteiger partial charge in [-0.1, -0.05) is 6.42 Å². The number of ether oxygens (including phenoxy) is 1. The Bertz CT molecular complexity index is 726. The van der Waals surface area contributed by atoms with Gasteiger partial charge in [0.15, 0.2) is 0 Å². The average molecular weight is 384 g/mol. The van der Waals surface area contributed by atoms with Crippen molar-refractivity contribution in [2.75, 3.05) is 39.0 Å². The monoisotopic (exact) mass is 383 g/mol. The maximum Gasteiger partial charge on any atom is 0.243 e. The highest BCUT2D eigenvalue weighted by molar-refractivity contribution is 7.89. The number of hydrogen-bond donors (Lipinski definition) is 1. The zero-order chi connectivity index (χ0) is 19.3. The van der Waals surface area contributed by atoms with E-state index >= 15 is 0 Å². The van der Waals surface area contributed by atoms with Gasteiger partial charge in [-0.25, -0.2) is 8.42 Å². The van der Waals surface area contributed by atoms with Crippen molar-refractivity contribution in [2.24, 2.45) is 0 Å². The molecule has 1 fully saturated rings. The number of piperidine rings is 1. The van der Waals surface area contributed by atoms with E-state index in [1.807, 2.05) is 13.8 Å². The second kappa shape index (κ2) is 8.73. The lowest BCUT2D eigenvalue weighted by molar-refractivity contribution is -0.126. The molecule has 0 aromatic heterocycles. The number of amides is 1. The van der Waals surface area contributed by atoms with E-state index in [0.29, 0.717) is 24.5 Å². The van der Waals surface area contributed by atoms with Gasteiger partial charge in [-0.15, -0.1) is 0 Å². The molecule has 0 radical (unpaired) electrons. The number of nitrogens with zero attached hydrogens (tertiary/aromatic N) is 2. The number of nitrogens with one attached hydrogen (secondary N) is 1. The second-order valence-electron chi connectivity index (χ2n) is 6.93. The van der Waals surface area contributed by atoms with Crippen LogP contribution in [-0.2, 0) is 14.8 Å². The van der Waals surface area contributed by atoms with Crippen LogP contribution in [0.4, 0.5) is 5.69 Å². The third kappa shape index (κ3) is 5.11. The van der Waals surface area contributed by atoms with Gasteiger partial charge in [0.05, 0.1) is 23.2 Å². The standard InChI is InChI=1S/C18H29N3O4S/c1-14(2)25-17-9-8-15(12-16(17)19-13-18(22)20(3)4)26(23,24)21-10-6-5-7-11-21/h8-9,12,14,19H,5-7,10-11,13H2,1-4H3. The number of carbonyl (C=O) groups is 1. The van der Waals surface area contributed by atoms with E-state index in [1.165, 1.54) is 9.21 Å². The van der Waals surface area contributed by atoms with Gasteiger partial charge in [-0.05, 0) is 44.9 Å². The van der Waals surface area contributed by atoms with Gasteiger partial charge in [0.1, 0.15) is 5.75 Å². The van der Waals surface area contributed by atoms with Gasteiger partial charge in [-0.2, -0.15) is 4.31 Å². The van der Waals surface area contributed by atoms with Crippen molar-refractivity contribution in [1.29, 1.82) is 0 Å². The molecular weight excluding hydrogens is 354 g/mol. The van der Waals surface area contributed by atoms with E-state index < -0.39 is 10.0 Å². The van der Waals surface area contributed by atoms with E-state index in [4.69, 9.17) is 4.74 Å². The zero-order valence-electron chi connectivity index (χ0n) is 16.0. The number of sulfonamides is 1. The van der Waals surface area contributed by atoms with Crippen molar-refractivity contribution in [1.82, 2.24) is 9.21 Å². The smallest absolute Gasteiger partial charge is 0.243 e. The summed E-state index contributed by atoms with van der Waals surface area (Å²) in [6.45, 7) is 4.96. The van der Waals surface area contributed by atoms with Gasteiger partial charge in [0.2, 0.25) is 15.9 Å². The maximum atomic E-state index is 12.9. The number of likely N-dealkylation sites (N-methyl/N-ethyl adjacent to an activating group) is 1. The predicted octanol–water partition coefficient (Wildman–Crippen LogP) is 2.15. The lowest BCUT2D eigenvalue weighted by Crippen LogP contribution is -2.35. The number of rotatable bonds is 7. The van der Waals surface area contributed by atoms with E-state index in [9.17, 15) is 13.2 Å². The van der Waals surface area contributed by atoms with E-state index in [0.717, 1.165) is 19.3 Å². The minimum Gasteiger partial charge on any atom is -0.489 e. The van der Waals surface area contributed by atoms with Crippen LogP contribution in [0, 0.1) is 0 Å². The fraction of sp³-hybridized carbons (Fsp3) is 0.611. The third-order valence-electron chi connectivity index (χ3n) is 4.20. The van der Waals surface area contributed by atoms with Crippen molar-refractivity contribution < 1.29 is 17.9 Å². The van der Waals surface area contributed by atoms with Crippen molar-refractivity contribution in [3.05, 3.63) is 18.2 Å². The normalized spacial score (nSPS) is 15.7. The molecule has 1 heterocycles. The molecule has 1 saturated heterocycles. The highest BCUT2D eigenvalue weighted by Gasteiger charge is 2.27. The first-order valence-corrected chi connectivity index (χ1v) is 10.4. The topological polar surface area (TPSA) is 79.0 Å². The number of hydrogen-bond acceptors (Lipinski definition) is 5. The van der Waals surface area contributed by atoms with E-state index in [-0.39, 0.29) is 23.5 Å². The van der Waals surface area contributed by atoms with Gasteiger partial charge in [0, 0.05) is 27.2 Å². The highest BCUT2D eigenvalue weighted by Crippen LogP contribution is 2.30. The quantitative estimate of drug-likeness (QED) is 0.780. The first kappa shape index (κ1) is 20.5. The number of benzene rings is 1. The average Bonchev–Trinajstić information content (AvgIpc) is 2.60. The number of carbonyl (C=O) groups excluding carboxylic acids is 1. The molecule has 1 aromatic carbocycles. The van der Waals surface area contributed by atoms with Crippen LogP contribution in [0.25, 0.3) is 0 Å².